The second-order valence-corrected chi connectivity index (χ2v) is 6.46. The predicted molar refractivity (Wildman–Crippen MR) is 107 cm³/mol. The Balaban J connectivity index is 2.11. The van der Waals surface area contributed by atoms with Crippen LogP contribution in [0.2, 0.25) is 15.1 Å². The largest absolute Gasteiger partial charge is 0.490 e. The van der Waals surface area contributed by atoms with E-state index in [2.05, 4.69) is 10.5 Å². The molecule has 0 amide bonds. The van der Waals surface area contributed by atoms with Crippen LogP contribution in [0.3, 0.4) is 0 Å². The molecule has 0 aliphatic heterocycles. The van der Waals surface area contributed by atoms with E-state index in [-0.39, 0.29) is 10.8 Å². The van der Waals surface area contributed by atoms with Gasteiger partial charge >= 0.3 is 5.97 Å². The van der Waals surface area contributed by atoms with Crippen LogP contribution >= 0.6 is 34.8 Å². The molecule has 0 saturated heterocycles. The summed E-state index contributed by atoms with van der Waals surface area (Å²) < 4.78 is 10.7. The number of ether oxygens (including phenoxy) is 2. The number of rotatable bonds is 9. The van der Waals surface area contributed by atoms with Gasteiger partial charge in [0.05, 0.1) is 24.4 Å². The number of hydrazone groups is 1. The number of hydrogen-bond donors (Lipinski definition) is 2. The van der Waals surface area contributed by atoms with Crippen LogP contribution in [0.5, 0.6) is 11.5 Å². The Kier molecular flexibility index (Phi) is 8.03. The molecule has 0 spiro atoms. The standard InChI is InChI=1S/C18H17Cl3N2O4/c1-2-26-16-7-11(6-15(21)18(16)27-10-17(24)25)8-22-23-9-12-13(19)4-3-5-14(12)20/h3-8,23H,2,9-10H2,1H3,(H,24,25)/b22-8-. The summed E-state index contributed by atoms with van der Waals surface area (Å²) in [6.07, 6.45) is 1.54. The van der Waals surface area contributed by atoms with Gasteiger partial charge in [0.2, 0.25) is 0 Å². The van der Waals surface area contributed by atoms with Crippen LogP contribution in [0.25, 0.3) is 0 Å². The summed E-state index contributed by atoms with van der Waals surface area (Å²) in [6.45, 7) is 1.99. The molecular formula is C18H17Cl3N2O4. The highest BCUT2D eigenvalue weighted by atomic mass is 35.5. The van der Waals surface area contributed by atoms with Gasteiger partial charge in [-0.25, -0.2) is 4.79 Å². The summed E-state index contributed by atoms with van der Waals surface area (Å²) in [6, 6.07) is 8.51. The topological polar surface area (TPSA) is 80.1 Å². The van der Waals surface area contributed by atoms with Crippen molar-refractivity contribution in [2.75, 3.05) is 13.2 Å². The summed E-state index contributed by atoms with van der Waals surface area (Å²) in [5, 5.41) is 14.2. The third-order valence-corrected chi connectivity index (χ3v) is 4.28. The van der Waals surface area contributed by atoms with E-state index in [9.17, 15) is 4.79 Å². The van der Waals surface area contributed by atoms with Crippen LogP contribution < -0.4 is 14.9 Å². The monoisotopic (exact) mass is 430 g/mol. The zero-order chi connectivity index (χ0) is 19.8. The minimum absolute atomic E-state index is 0.175. The van der Waals surface area contributed by atoms with Crippen molar-refractivity contribution in [3.8, 4) is 11.5 Å². The lowest BCUT2D eigenvalue weighted by Crippen LogP contribution is -2.11. The van der Waals surface area contributed by atoms with E-state index in [1.54, 1.807) is 43.5 Å². The van der Waals surface area contributed by atoms with Gasteiger partial charge in [0.25, 0.3) is 0 Å². The molecule has 0 aliphatic rings. The molecule has 144 valence electrons. The van der Waals surface area contributed by atoms with Crippen LogP contribution in [0.4, 0.5) is 0 Å². The van der Waals surface area contributed by atoms with Gasteiger partial charge in [0.15, 0.2) is 18.1 Å². The second kappa shape index (κ2) is 10.3. The molecule has 27 heavy (non-hydrogen) atoms. The fourth-order valence-electron chi connectivity index (χ4n) is 2.15. The lowest BCUT2D eigenvalue weighted by Gasteiger charge is -2.13. The Morgan fingerprint density at radius 1 is 1.19 bits per heavy atom. The number of hydrogen-bond acceptors (Lipinski definition) is 5. The molecule has 6 nitrogen and oxygen atoms in total. The minimum atomic E-state index is -1.11. The van der Waals surface area contributed by atoms with E-state index < -0.39 is 12.6 Å². The molecule has 0 aliphatic carbocycles. The third-order valence-electron chi connectivity index (χ3n) is 3.29. The normalized spacial score (nSPS) is 10.8. The van der Waals surface area contributed by atoms with E-state index in [0.717, 1.165) is 5.56 Å². The molecule has 2 N–H and O–H groups in total. The SMILES string of the molecule is CCOc1cc(/C=N\NCc2c(Cl)cccc2Cl)cc(Cl)c1OCC(=O)O. The smallest absolute Gasteiger partial charge is 0.341 e. The first-order valence-electron chi connectivity index (χ1n) is 7.92. The maximum absolute atomic E-state index is 10.7. The average Bonchev–Trinajstić information content (AvgIpc) is 2.60. The molecule has 2 aromatic carbocycles. The van der Waals surface area contributed by atoms with Gasteiger partial charge in [-0.15, -0.1) is 0 Å². The summed E-state index contributed by atoms with van der Waals surface area (Å²) in [4.78, 5) is 10.7. The van der Waals surface area contributed by atoms with Crippen molar-refractivity contribution in [1.29, 1.82) is 0 Å². The van der Waals surface area contributed by atoms with Crippen molar-refractivity contribution >= 4 is 47.0 Å². The zero-order valence-electron chi connectivity index (χ0n) is 14.3. The molecule has 2 rings (SSSR count). The van der Waals surface area contributed by atoms with Crippen LogP contribution in [-0.2, 0) is 11.3 Å². The molecule has 0 radical (unpaired) electrons. The lowest BCUT2D eigenvalue weighted by molar-refractivity contribution is -0.139. The number of carboxylic acids is 1. The van der Waals surface area contributed by atoms with Gasteiger partial charge < -0.3 is 20.0 Å². The van der Waals surface area contributed by atoms with Crippen molar-refractivity contribution in [2.24, 2.45) is 5.10 Å². The van der Waals surface area contributed by atoms with Crippen molar-refractivity contribution in [3.63, 3.8) is 0 Å². The van der Waals surface area contributed by atoms with E-state index in [1.807, 2.05) is 0 Å². The number of halogens is 3. The highest BCUT2D eigenvalue weighted by molar-refractivity contribution is 6.36. The molecule has 9 heteroatoms. The predicted octanol–water partition coefficient (Wildman–Crippen LogP) is 4.63. The van der Waals surface area contributed by atoms with Gasteiger partial charge in [-0.2, -0.15) is 5.10 Å². The molecule has 0 atom stereocenters. The first-order chi connectivity index (χ1) is 12.9. The number of carboxylic acid groups (broad SMARTS) is 1. The van der Waals surface area contributed by atoms with Gasteiger partial charge in [-0.1, -0.05) is 40.9 Å². The molecule has 0 bridgehead atoms. The molecule has 0 heterocycles. The molecule has 0 saturated carbocycles. The summed E-state index contributed by atoms with van der Waals surface area (Å²) in [5.74, 6) is -0.600. The summed E-state index contributed by atoms with van der Waals surface area (Å²) in [7, 11) is 0. The third kappa shape index (κ3) is 6.20. The summed E-state index contributed by atoms with van der Waals surface area (Å²) in [5.41, 5.74) is 4.25. The molecule has 0 fully saturated rings. The number of nitrogens with zero attached hydrogens (tertiary/aromatic N) is 1. The van der Waals surface area contributed by atoms with Crippen molar-refractivity contribution < 1.29 is 19.4 Å². The van der Waals surface area contributed by atoms with E-state index in [0.29, 0.717) is 34.5 Å². The number of benzene rings is 2. The number of nitrogens with one attached hydrogen (secondary N) is 1. The van der Waals surface area contributed by atoms with Gasteiger partial charge in [0.1, 0.15) is 0 Å². The van der Waals surface area contributed by atoms with Crippen LogP contribution in [0.15, 0.2) is 35.4 Å². The Morgan fingerprint density at radius 3 is 2.52 bits per heavy atom. The number of aliphatic carboxylic acids is 1. The van der Waals surface area contributed by atoms with Crippen LogP contribution in [-0.4, -0.2) is 30.5 Å². The van der Waals surface area contributed by atoms with Gasteiger partial charge in [-0.3, -0.25) is 0 Å². The minimum Gasteiger partial charge on any atom is -0.490 e. The van der Waals surface area contributed by atoms with Crippen LogP contribution in [0.1, 0.15) is 18.1 Å². The quantitative estimate of drug-likeness (QED) is 0.447. The first-order valence-corrected chi connectivity index (χ1v) is 9.05. The average molecular weight is 432 g/mol. The van der Waals surface area contributed by atoms with Gasteiger partial charge in [0, 0.05) is 15.6 Å². The molecule has 0 unspecified atom stereocenters. The lowest BCUT2D eigenvalue weighted by atomic mass is 10.2. The maximum atomic E-state index is 10.7. The fourth-order valence-corrected chi connectivity index (χ4v) is 2.95. The molecule has 2 aromatic rings. The van der Waals surface area contributed by atoms with Crippen molar-refractivity contribution in [1.82, 2.24) is 5.43 Å². The Bertz CT molecular complexity index is 823. The van der Waals surface area contributed by atoms with Crippen molar-refractivity contribution in [3.05, 3.63) is 56.5 Å². The van der Waals surface area contributed by atoms with Crippen molar-refractivity contribution in [2.45, 2.75) is 13.5 Å². The highest BCUT2D eigenvalue weighted by Gasteiger charge is 2.13. The first kappa shape index (κ1) is 21.2. The van der Waals surface area contributed by atoms with Crippen LogP contribution in [0, 0.1) is 0 Å². The zero-order valence-corrected chi connectivity index (χ0v) is 16.6. The Hall–Kier alpha value is -2.15. The summed E-state index contributed by atoms with van der Waals surface area (Å²) >= 11 is 18.4. The van der Waals surface area contributed by atoms with E-state index >= 15 is 0 Å². The number of carbonyl (C=O) groups is 1. The fraction of sp³-hybridized carbons (Fsp3) is 0.222. The maximum Gasteiger partial charge on any atom is 0.341 e. The highest BCUT2D eigenvalue weighted by Crippen LogP contribution is 2.36. The Morgan fingerprint density at radius 2 is 1.89 bits per heavy atom. The molecule has 0 aromatic heterocycles. The second-order valence-electron chi connectivity index (χ2n) is 5.24. The van der Waals surface area contributed by atoms with E-state index in [1.165, 1.54) is 0 Å². The van der Waals surface area contributed by atoms with E-state index in [4.69, 9.17) is 49.4 Å². The Labute approximate surface area is 171 Å². The molecular weight excluding hydrogens is 415 g/mol. The van der Waals surface area contributed by atoms with Gasteiger partial charge in [-0.05, 0) is 36.8 Å².